The van der Waals surface area contributed by atoms with Gasteiger partial charge >= 0.3 is 5.97 Å². The summed E-state index contributed by atoms with van der Waals surface area (Å²) in [6.45, 7) is 2.02. The highest BCUT2D eigenvalue weighted by atomic mass is 16.4. The number of carboxylic acids is 1. The normalized spacial score (nSPS) is 11.6. The Morgan fingerprint density at radius 2 is 1.71 bits per heavy atom. The minimum atomic E-state index is -0.800. The maximum Gasteiger partial charge on any atom is 0.303 e. The molecule has 0 saturated carbocycles. The van der Waals surface area contributed by atoms with E-state index in [0.29, 0.717) is 24.0 Å². The van der Waals surface area contributed by atoms with Crippen LogP contribution in [0.3, 0.4) is 0 Å². The number of nitrogens with one attached hydrogen (secondary N) is 1. The number of anilines is 3. The van der Waals surface area contributed by atoms with Crippen LogP contribution in [0.4, 0.5) is 17.6 Å². The molecule has 2 heterocycles. The van der Waals surface area contributed by atoms with E-state index in [2.05, 4.69) is 25.3 Å². The number of benzene rings is 2. The molecule has 8 heteroatoms. The van der Waals surface area contributed by atoms with Gasteiger partial charge in [-0.3, -0.25) is 4.79 Å². The molecule has 0 radical (unpaired) electrons. The quantitative estimate of drug-likeness (QED) is 0.368. The van der Waals surface area contributed by atoms with Crippen molar-refractivity contribution >= 4 is 23.6 Å². The van der Waals surface area contributed by atoms with E-state index in [4.69, 9.17) is 5.11 Å². The zero-order valence-corrected chi connectivity index (χ0v) is 19.1. The van der Waals surface area contributed by atoms with Crippen LogP contribution >= 0.6 is 0 Å². The van der Waals surface area contributed by atoms with Gasteiger partial charge < -0.3 is 15.3 Å². The van der Waals surface area contributed by atoms with Crippen molar-refractivity contribution in [2.75, 3.05) is 17.3 Å². The van der Waals surface area contributed by atoms with E-state index in [9.17, 15) is 4.79 Å². The van der Waals surface area contributed by atoms with Crippen molar-refractivity contribution in [2.24, 2.45) is 0 Å². The Morgan fingerprint density at radius 3 is 2.47 bits per heavy atom. The van der Waals surface area contributed by atoms with E-state index < -0.39 is 5.97 Å². The molecule has 0 amide bonds. The number of aliphatic carboxylic acids is 1. The fourth-order valence-corrected chi connectivity index (χ4v) is 3.53. The number of hydrogen-bond donors (Lipinski definition) is 2. The summed E-state index contributed by atoms with van der Waals surface area (Å²) in [4.78, 5) is 30.9. The second kappa shape index (κ2) is 10.5. The van der Waals surface area contributed by atoms with Crippen molar-refractivity contribution in [1.82, 2.24) is 19.9 Å². The average Bonchev–Trinajstić information content (AvgIpc) is 2.88. The number of carboxylic acid groups (broad SMARTS) is 1. The van der Waals surface area contributed by atoms with E-state index in [1.165, 1.54) is 0 Å². The lowest BCUT2D eigenvalue weighted by molar-refractivity contribution is -0.136. The van der Waals surface area contributed by atoms with Crippen molar-refractivity contribution in [3.8, 4) is 11.4 Å². The van der Waals surface area contributed by atoms with Gasteiger partial charge in [-0.05, 0) is 36.6 Å². The molecule has 34 heavy (non-hydrogen) atoms. The molecule has 0 aliphatic carbocycles. The van der Waals surface area contributed by atoms with Gasteiger partial charge in [-0.25, -0.2) is 15.0 Å². The molecule has 4 aromatic rings. The molecule has 0 unspecified atom stereocenters. The molecule has 0 spiro atoms. The Balaban J connectivity index is 1.49. The van der Waals surface area contributed by atoms with Crippen LogP contribution in [0.5, 0.6) is 0 Å². The van der Waals surface area contributed by atoms with Crippen LogP contribution in [0, 0.1) is 0 Å². The van der Waals surface area contributed by atoms with E-state index in [-0.39, 0.29) is 12.5 Å². The summed E-state index contributed by atoms with van der Waals surface area (Å²) in [6.07, 6.45) is 4.05. The molecular formula is C26H26N6O2. The topological polar surface area (TPSA) is 104 Å². The van der Waals surface area contributed by atoms with Crippen molar-refractivity contribution < 1.29 is 9.90 Å². The highest BCUT2D eigenvalue weighted by molar-refractivity contribution is 5.67. The zero-order chi connectivity index (χ0) is 23.9. The molecular weight excluding hydrogens is 428 g/mol. The monoisotopic (exact) mass is 454 g/mol. The van der Waals surface area contributed by atoms with Crippen molar-refractivity contribution in [1.29, 1.82) is 0 Å². The summed E-state index contributed by atoms with van der Waals surface area (Å²) in [5.74, 6) is 1.75. The maximum atomic E-state index is 10.9. The number of aryl methyl sites for hydroxylation is 1. The first kappa shape index (κ1) is 22.8. The number of carbonyl (C=O) groups is 1. The lowest BCUT2D eigenvalue weighted by Gasteiger charge is -2.19. The highest BCUT2D eigenvalue weighted by Gasteiger charge is 2.13. The number of nitrogens with zero attached hydrogens (tertiary/aromatic N) is 5. The van der Waals surface area contributed by atoms with E-state index in [1.807, 2.05) is 85.6 Å². The molecule has 0 bridgehead atoms. The van der Waals surface area contributed by atoms with Gasteiger partial charge in [0.25, 0.3) is 0 Å². The van der Waals surface area contributed by atoms with Crippen LogP contribution in [0.1, 0.15) is 30.5 Å². The third-order valence-corrected chi connectivity index (χ3v) is 5.43. The first-order valence-corrected chi connectivity index (χ1v) is 11.0. The Morgan fingerprint density at radius 1 is 0.971 bits per heavy atom. The predicted molar refractivity (Wildman–Crippen MR) is 132 cm³/mol. The molecule has 0 aliphatic rings. The number of hydrogen-bond acceptors (Lipinski definition) is 7. The van der Waals surface area contributed by atoms with Crippen molar-refractivity contribution in [3.05, 3.63) is 90.3 Å². The van der Waals surface area contributed by atoms with Crippen molar-refractivity contribution in [2.45, 2.75) is 25.8 Å². The zero-order valence-electron chi connectivity index (χ0n) is 19.1. The van der Waals surface area contributed by atoms with E-state index in [0.717, 1.165) is 22.5 Å². The van der Waals surface area contributed by atoms with Crippen LogP contribution in [-0.2, 0) is 11.2 Å². The van der Waals surface area contributed by atoms with E-state index >= 15 is 0 Å². The molecule has 8 nitrogen and oxygen atoms in total. The van der Waals surface area contributed by atoms with Gasteiger partial charge in [0.05, 0.1) is 6.04 Å². The van der Waals surface area contributed by atoms with Crippen LogP contribution in [0.25, 0.3) is 11.4 Å². The molecule has 1 atom stereocenters. The molecule has 2 N–H and O–H groups in total. The second-order valence-electron chi connectivity index (χ2n) is 7.91. The van der Waals surface area contributed by atoms with Gasteiger partial charge in [0, 0.05) is 31.4 Å². The molecule has 0 saturated heterocycles. The van der Waals surface area contributed by atoms with E-state index in [1.54, 1.807) is 12.4 Å². The molecule has 2 aromatic heterocycles. The van der Waals surface area contributed by atoms with Crippen LogP contribution < -0.4 is 10.2 Å². The third-order valence-electron chi connectivity index (χ3n) is 5.43. The molecule has 2 aromatic carbocycles. The minimum Gasteiger partial charge on any atom is -0.481 e. The molecule has 172 valence electrons. The van der Waals surface area contributed by atoms with Crippen LogP contribution in [-0.4, -0.2) is 38.1 Å². The smallest absolute Gasteiger partial charge is 0.303 e. The van der Waals surface area contributed by atoms with Gasteiger partial charge in [-0.15, -0.1) is 0 Å². The second-order valence-corrected chi connectivity index (χ2v) is 7.91. The fourth-order valence-electron chi connectivity index (χ4n) is 3.53. The van der Waals surface area contributed by atoms with Gasteiger partial charge in [0.1, 0.15) is 11.6 Å². The minimum absolute atomic E-state index is 0.0610. The Hall–Kier alpha value is -4.33. The van der Waals surface area contributed by atoms with Gasteiger partial charge in [-0.1, -0.05) is 54.6 Å². The Bertz CT molecular complexity index is 1260. The summed E-state index contributed by atoms with van der Waals surface area (Å²) in [5, 5.41) is 12.3. The summed E-state index contributed by atoms with van der Waals surface area (Å²) in [5.41, 5.74) is 2.97. The number of rotatable bonds is 9. The Kier molecular flexibility index (Phi) is 7.07. The average molecular weight is 455 g/mol. The maximum absolute atomic E-state index is 10.9. The standard InChI is InChI=1S/C26H26N6O2/c1-18(21-10-6-7-19(17-21)11-12-24(33)34)29-26-28-16-14-23(31-26)32(2)22-13-15-27-25(30-22)20-8-4-3-5-9-20/h3-10,13-18H,11-12H2,1-2H3,(H,33,34)(H,28,29,31)/t18-/m0/s1. The molecule has 4 rings (SSSR count). The highest BCUT2D eigenvalue weighted by Crippen LogP contribution is 2.24. The summed E-state index contributed by atoms with van der Waals surface area (Å²) < 4.78 is 0. The first-order chi connectivity index (χ1) is 16.5. The summed E-state index contributed by atoms with van der Waals surface area (Å²) >= 11 is 0. The predicted octanol–water partition coefficient (Wildman–Crippen LogP) is 4.89. The third kappa shape index (κ3) is 5.72. The largest absolute Gasteiger partial charge is 0.481 e. The SMILES string of the molecule is C[C@H](Nc1nccc(N(C)c2ccnc(-c3ccccc3)n2)n1)c1cccc(CCC(=O)O)c1. The lowest BCUT2D eigenvalue weighted by Crippen LogP contribution is -2.16. The molecule has 0 fully saturated rings. The molecule has 0 aliphatic heterocycles. The lowest BCUT2D eigenvalue weighted by atomic mass is 10.0. The van der Waals surface area contributed by atoms with Gasteiger partial charge in [0.2, 0.25) is 5.95 Å². The summed E-state index contributed by atoms with van der Waals surface area (Å²) in [6, 6.07) is 21.3. The summed E-state index contributed by atoms with van der Waals surface area (Å²) in [7, 11) is 1.90. The van der Waals surface area contributed by atoms with Gasteiger partial charge in [-0.2, -0.15) is 4.98 Å². The van der Waals surface area contributed by atoms with Crippen LogP contribution in [0.2, 0.25) is 0 Å². The Labute approximate surface area is 198 Å². The van der Waals surface area contributed by atoms with Crippen LogP contribution in [0.15, 0.2) is 79.1 Å². The van der Waals surface area contributed by atoms with Gasteiger partial charge in [0.15, 0.2) is 5.82 Å². The first-order valence-electron chi connectivity index (χ1n) is 11.0. The van der Waals surface area contributed by atoms with Crippen molar-refractivity contribution in [3.63, 3.8) is 0 Å². The fraction of sp³-hybridized carbons (Fsp3) is 0.192. The number of aromatic nitrogens is 4.